The van der Waals surface area contributed by atoms with Gasteiger partial charge in [0, 0.05) is 0 Å². The van der Waals surface area contributed by atoms with Crippen molar-refractivity contribution in [2.24, 2.45) is 0 Å². The van der Waals surface area contributed by atoms with Crippen molar-refractivity contribution in [2.45, 2.75) is 19.9 Å². The molecule has 0 fully saturated rings. The van der Waals surface area contributed by atoms with Crippen LogP contribution in [0.5, 0.6) is 11.5 Å². The summed E-state index contributed by atoms with van der Waals surface area (Å²) in [7, 11) is 1.65. The fraction of sp³-hybridized carbons (Fsp3) is 0.571. The van der Waals surface area contributed by atoms with Gasteiger partial charge in [0.15, 0.2) is 0 Å². The van der Waals surface area contributed by atoms with E-state index in [9.17, 15) is 0 Å². The molecular formula is C14H24NO3+. The molecule has 0 aromatic heterocycles. The molecule has 0 aliphatic heterocycles. The normalized spacial score (nSPS) is 10.7. The molecule has 4 heteroatoms. The highest BCUT2D eigenvalue weighted by molar-refractivity contribution is 5.31. The summed E-state index contributed by atoms with van der Waals surface area (Å²) in [5, 5.41) is 2.25. The van der Waals surface area contributed by atoms with Crippen LogP contribution in [0.2, 0.25) is 0 Å². The molecule has 0 saturated heterocycles. The summed E-state index contributed by atoms with van der Waals surface area (Å²) < 4.78 is 16.1. The second-order valence-electron chi connectivity index (χ2n) is 4.40. The fourth-order valence-electron chi connectivity index (χ4n) is 1.48. The minimum atomic E-state index is 0.577. The third kappa shape index (κ3) is 6.47. The first-order valence-corrected chi connectivity index (χ1v) is 6.40. The molecule has 0 aliphatic carbocycles. The Morgan fingerprint density at radius 3 is 2.28 bits per heavy atom. The molecule has 0 atom stereocenters. The van der Waals surface area contributed by atoms with Crippen LogP contribution in [0.4, 0.5) is 0 Å². The maximum atomic E-state index is 5.54. The van der Waals surface area contributed by atoms with Gasteiger partial charge in [-0.15, -0.1) is 0 Å². The Balaban J connectivity index is 2.03. The zero-order valence-electron chi connectivity index (χ0n) is 11.5. The van der Waals surface area contributed by atoms with Crippen LogP contribution in [-0.2, 0) is 4.74 Å². The molecule has 102 valence electrons. The Hall–Kier alpha value is -1.26. The second-order valence-corrected chi connectivity index (χ2v) is 4.40. The molecular weight excluding hydrogens is 230 g/mol. The molecule has 1 aromatic rings. The summed E-state index contributed by atoms with van der Waals surface area (Å²) in [5.74, 6) is 1.68. The number of methoxy groups -OCH3 is 1. The first-order chi connectivity index (χ1) is 8.72. The fourth-order valence-corrected chi connectivity index (χ4v) is 1.48. The zero-order valence-corrected chi connectivity index (χ0v) is 11.5. The van der Waals surface area contributed by atoms with Gasteiger partial charge in [-0.1, -0.05) is 0 Å². The first kappa shape index (κ1) is 14.8. The largest absolute Gasteiger partial charge is 0.497 e. The van der Waals surface area contributed by atoms with E-state index in [-0.39, 0.29) is 0 Å². The van der Waals surface area contributed by atoms with Gasteiger partial charge >= 0.3 is 0 Å². The van der Waals surface area contributed by atoms with Gasteiger partial charge < -0.3 is 19.5 Å². The predicted molar refractivity (Wildman–Crippen MR) is 71.2 cm³/mol. The predicted octanol–water partition coefficient (Wildman–Crippen LogP) is 1.06. The average Bonchev–Trinajstić information content (AvgIpc) is 2.38. The lowest BCUT2D eigenvalue weighted by Gasteiger charge is -2.08. The van der Waals surface area contributed by atoms with Crippen molar-refractivity contribution in [1.82, 2.24) is 0 Å². The van der Waals surface area contributed by atoms with Crippen molar-refractivity contribution in [3.8, 4) is 11.5 Å². The molecule has 0 bridgehead atoms. The van der Waals surface area contributed by atoms with E-state index in [4.69, 9.17) is 14.2 Å². The van der Waals surface area contributed by atoms with E-state index >= 15 is 0 Å². The maximum absolute atomic E-state index is 5.54. The van der Waals surface area contributed by atoms with Crippen molar-refractivity contribution in [2.75, 3.05) is 33.5 Å². The summed E-state index contributed by atoms with van der Waals surface area (Å²) in [4.78, 5) is 0. The van der Waals surface area contributed by atoms with Crippen LogP contribution in [0.15, 0.2) is 24.3 Å². The summed E-state index contributed by atoms with van der Waals surface area (Å²) in [5.41, 5.74) is 0. The highest BCUT2D eigenvalue weighted by Crippen LogP contribution is 2.16. The molecule has 0 saturated carbocycles. The van der Waals surface area contributed by atoms with E-state index in [1.807, 2.05) is 24.3 Å². The van der Waals surface area contributed by atoms with E-state index in [2.05, 4.69) is 19.2 Å². The van der Waals surface area contributed by atoms with E-state index in [1.54, 1.807) is 7.11 Å². The minimum Gasteiger partial charge on any atom is -0.497 e. The third-order valence-corrected chi connectivity index (χ3v) is 2.46. The van der Waals surface area contributed by atoms with Crippen LogP contribution in [0.25, 0.3) is 0 Å². The topological polar surface area (TPSA) is 44.3 Å². The van der Waals surface area contributed by atoms with Gasteiger partial charge in [-0.05, 0) is 38.1 Å². The van der Waals surface area contributed by atoms with Crippen LogP contribution in [0.3, 0.4) is 0 Å². The second kappa shape index (κ2) is 8.78. The van der Waals surface area contributed by atoms with E-state index in [1.165, 1.54) is 0 Å². The molecule has 2 N–H and O–H groups in total. The number of ether oxygens (including phenoxy) is 3. The number of rotatable bonds is 9. The standard InChI is InChI=1S/C14H23NO3/c1-12(2)15-8-9-17-10-11-18-14-6-4-13(16-3)5-7-14/h4-7,12,15H,8-11H2,1-3H3/p+1. The molecule has 1 rings (SSSR count). The van der Waals surface area contributed by atoms with Crippen LogP contribution >= 0.6 is 0 Å². The van der Waals surface area contributed by atoms with E-state index in [0.29, 0.717) is 19.3 Å². The number of hydrogen-bond acceptors (Lipinski definition) is 3. The van der Waals surface area contributed by atoms with Gasteiger partial charge in [0.25, 0.3) is 0 Å². The number of hydrogen-bond donors (Lipinski definition) is 1. The lowest BCUT2D eigenvalue weighted by Crippen LogP contribution is -2.89. The number of quaternary nitrogens is 1. The smallest absolute Gasteiger partial charge is 0.119 e. The minimum absolute atomic E-state index is 0.577. The average molecular weight is 254 g/mol. The van der Waals surface area contributed by atoms with Gasteiger partial charge in [-0.3, -0.25) is 0 Å². The molecule has 0 radical (unpaired) electrons. The van der Waals surface area contributed by atoms with Gasteiger partial charge in [0.1, 0.15) is 18.1 Å². The molecule has 1 aromatic carbocycles. The molecule has 0 heterocycles. The van der Waals surface area contributed by atoms with Gasteiger partial charge in [-0.25, -0.2) is 0 Å². The SMILES string of the molecule is COc1ccc(OCCOCC[NH2+]C(C)C)cc1. The van der Waals surface area contributed by atoms with E-state index < -0.39 is 0 Å². The lowest BCUT2D eigenvalue weighted by molar-refractivity contribution is -0.684. The molecule has 0 aliphatic rings. The lowest BCUT2D eigenvalue weighted by atomic mass is 10.3. The number of nitrogens with two attached hydrogens (primary N) is 1. The maximum Gasteiger partial charge on any atom is 0.119 e. The molecule has 0 unspecified atom stereocenters. The van der Waals surface area contributed by atoms with Crippen molar-refractivity contribution < 1.29 is 19.5 Å². The van der Waals surface area contributed by atoms with Gasteiger partial charge in [-0.2, -0.15) is 0 Å². The van der Waals surface area contributed by atoms with Crippen molar-refractivity contribution in [3.05, 3.63) is 24.3 Å². The highest BCUT2D eigenvalue weighted by Gasteiger charge is 1.97. The highest BCUT2D eigenvalue weighted by atomic mass is 16.5. The molecule has 0 spiro atoms. The summed E-state index contributed by atoms with van der Waals surface area (Å²) in [6.07, 6.45) is 0. The zero-order chi connectivity index (χ0) is 13.2. The van der Waals surface area contributed by atoms with Gasteiger partial charge in [0.2, 0.25) is 0 Å². The molecule has 0 amide bonds. The Kier molecular flexibility index (Phi) is 7.22. The molecule has 18 heavy (non-hydrogen) atoms. The molecule has 4 nitrogen and oxygen atoms in total. The monoisotopic (exact) mass is 254 g/mol. The van der Waals surface area contributed by atoms with Crippen molar-refractivity contribution in [3.63, 3.8) is 0 Å². The Labute approximate surface area is 109 Å². The van der Waals surface area contributed by atoms with E-state index in [0.717, 1.165) is 24.7 Å². The van der Waals surface area contributed by atoms with Crippen LogP contribution < -0.4 is 14.8 Å². The summed E-state index contributed by atoms with van der Waals surface area (Å²) in [6, 6.07) is 8.18. The Morgan fingerprint density at radius 1 is 1.00 bits per heavy atom. The summed E-state index contributed by atoms with van der Waals surface area (Å²) in [6.45, 7) is 7.32. The van der Waals surface area contributed by atoms with Crippen molar-refractivity contribution in [1.29, 1.82) is 0 Å². The quantitative estimate of drug-likeness (QED) is 0.670. The first-order valence-electron chi connectivity index (χ1n) is 6.40. The van der Waals surface area contributed by atoms with Gasteiger partial charge in [0.05, 0.1) is 32.9 Å². The Morgan fingerprint density at radius 2 is 1.67 bits per heavy atom. The third-order valence-electron chi connectivity index (χ3n) is 2.46. The van der Waals surface area contributed by atoms with Crippen LogP contribution in [0, 0.1) is 0 Å². The van der Waals surface area contributed by atoms with Crippen molar-refractivity contribution >= 4 is 0 Å². The summed E-state index contributed by atoms with van der Waals surface area (Å²) >= 11 is 0. The van der Waals surface area contributed by atoms with Crippen LogP contribution in [-0.4, -0.2) is 39.5 Å². The van der Waals surface area contributed by atoms with Crippen LogP contribution in [0.1, 0.15) is 13.8 Å². The Bertz CT molecular complexity index is 311. The number of benzene rings is 1.